The maximum atomic E-state index is 12.3. The van der Waals surface area contributed by atoms with Crippen molar-refractivity contribution >= 4 is 21.8 Å². The van der Waals surface area contributed by atoms with Crippen molar-refractivity contribution in [1.82, 2.24) is 4.90 Å². The number of nitrogens with zero attached hydrogens (tertiary/aromatic N) is 1. The summed E-state index contributed by atoms with van der Waals surface area (Å²) in [5, 5.41) is 0.905. The van der Waals surface area contributed by atoms with Crippen molar-refractivity contribution in [3.63, 3.8) is 0 Å². The van der Waals surface area contributed by atoms with Gasteiger partial charge in [0.25, 0.3) is 0 Å². The highest BCUT2D eigenvalue weighted by Crippen LogP contribution is 2.26. The van der Waals surface area contributed by atoms with Gasteiger partial charge >= 0.3 is 0 Å². The Balaban J connectivity index is 1.96. The number of carbonyl (C=O) groups is 1. The van der Waals surface area contributed by atoms with E-state index in [4.69, 9.17) is 4.74 Å². The van der Waals surface area contributed by atoms with Gasteiger partial charge in [-0.05, 0) is 32.6 Å². The SMILES string of the molecule is CC1CC(C(=O)N2CCCCC2CBr)CO1. The highest BCUT2D eigenvalue weighted by atomic mass is 79.9. The predicted octanol–water partition coefficient (Wildman–Crippen LogP) is 2.19. The number of ether oxygens (including phenoxy) is 1. The number of piperidine rings is 1. The van der Waals surface area contributed by atoms with Crippen molar-refractivity contribution in [3.8, 4) is 0 Å². The largest absolute Gasteiger partial charge is 0.378 e. The van der Waals surface area contributed by atoms with Gasteiger partial charge in [0.05, 0.1) is 18.6 Å². The summed E-state index contributed by atoms with van der Waals surface area (Å²) < 4.78 is 5.49. The Morgan fingerprint density at radius 2 is 2.31 bits per heavy atom. The van der Waals surface area contributed by atoms with Gasteiger partial charge in [0.15, 0.2) is 0 Å². The summed E-state index contributed by atoms with van der Waals surface area (Å²) in [5.74, 6) is 0.420. The summed E-state index contributed by atoms with van der Waals surface area (Å²) in [6.07, 6.45) is 4.68. The zero-order valence-corrected chi connectivity index (χ0v) is 11.4. The molecule has 0 radical (unpaired) electrons. The maximum Gasteiger partial charge on any atom is 0.228 e. The van der Waals surface area contributed by atoms with Crippen LogP contribution in [0.3, 0.4) is 0 Å². The van der Waals surface area contributed by atoms with Gasteiger partial charge in [-0.1, -0.05) is 15.9 Å². The molecule has 92 valence electrons. The van der Waals surface area contributed by atoms with Gasteiger partial charge in [0, 0.05) is 17.9 Å². The van der Waals surface area contributed by atoms with Crippen LogP contribution in [0.1, 0.15) is 32.6 Å². The van der Waals surface area contributed by atoms with Gasteiger partial charge < -0.3 is 9.64 Å². The first-order valence-electron chi connectivity index (χ1n) is 6.20. The molecule has 2 rings (SSSR count). The van der Waals surface area contributed by atoms with E-state index in [1.54, 1.807) is 0 Å². The van der Waals surface area contributed by atoms with E-state index in [-0.39, 0.29) is 12.0 Å². The van der Waals surface area contributed by atoms with Crippen molar-refractivity contribution in [3.05, 3.63) is 0 Å². The van der Waals surface area contributed by atoms with Crippen LogP contribution < -0.4 is 0 Å². The van der Waals surface area contributed by atoms with Gasteiger partial charge in [-0.3, -0.25) is 4.79 Å². The Kier molecular flexibility index (Phi) is 4.25. The number of alkyl halides is 1. The number of carbonyl (C=O) groups excluding carboxylic acids is 1. The number of hydrogen-bond acceptors (Lipinski definition) is 2. The molecule has 0 saturated carbocycles. The average Bonchev–Trinajstić information content (AvgIpc) is 2.75. The number of halogens is 1. The molecule has 0 aliphatic carbocycles. The Labute approximate surface area is 106 Å². The maximum absolute atomic E-state index is 12.3. The Bertz CT molecular complexity index is 259. The molecule has 2 aliphatic heterocycles. The molecule has 2 heterocycles. The molecule has 0 aromatic rings. The predicted molar refractivity (Wildman–Crippen MR) is 66.7 cm³/mol. The summed E-state index contributed by atoms with van der Waals surface area (Å²) in [4.78, 5) is 14.4. The third-order valence-electron chi connectivity index (χ3n) is 3.64. The molecule has 0 spiro atoms. The fraction of sp³-hybridized carbons (Fsp3) is 0.917. The molecule has 3 atom stereocenters. The highest BCUT2D eigenvalue weighted by molar-refractivity contribution is 9.09. The minimum atomic E-state index is 0.106. The lowest BCUT2D eigenvalue weighted by atomic mass is 9.99. The van der Waals surface area contributed by atoms with Gasteiger partial charge in [0.2, 0.25) is 5.91 Å². The summed E-state index contributed by atoms with van der Waals surface area (Å²) in [6.45, 7) is 3.59. The van der Waals surface area contributed by atoms with Gasteiger partial charge in [-0.25, -0.2) is 0 Å². The number of hydrogen-bond donors (Lipinski definition) is 0. The van der Waals surface area contributed by atoms with Crippen molar-refractivity contribution in [2.45, 2.75) is 44.8 Å². The fourth-order valence-electron chi connectivity index (χ4n) is 2.67. The summed E-state index contributed by atoms with van der Waals surface area (Å²) in [7, 11) is 0. The standard InChI is InChI=1S/C12H20BrNO2/c1-9-6-10(8-16-9)12(15)14-5-3-2-4-11(14)7-13/h9-11H,2-8H2,1H3. The molecule has 4 heteroatoms. The Morgan fingerprint density at radius 1 is 1.50 bits per heavy atom. The molecule has 3 nitrogen and oxygen atoms in total. The first-order chi connectivity index (χ1) is 7.72. The summed E-state index contributed by atoms with van der Waals surface area (Å²) >= 11 is 3.51. The molecule has 2 aliphatic rings. The molecule has 3 unspecified atom stereocenters. The topological polar surface area (TPSA) is 29.5 Å². The molecular formula is C12H20BrNO2. The van der Waals surface area contributed by atoms with E-state index in [0.29, 0.717) is 18.6 Å². The first-order valence-corrected chi connectivity index (χ1v) is 7.32. The minimum absolute atomic E-state index is 0.106. The van der Waals surface area contributed by atoms with Crippen molar-refractivity contribution in [2.75, 3.05) is 18.5 Å². The van der Waals surface area contributed by atoms with Crippen LogP contribution in [0.4, 0.5) is 0 Å². The van der Waals surface area contributed by atoms with Crippen LogP contribution in [0.25, 0.3) is 0 Å². The minimum Gasteiger partial charge on any atom is -0.378 e. The van der Waals surface area contributed by atoms with Crippen molar-refractivity contribution in [2.24, 2.45) is 5.92 Å². The third-order valence-corrected chi connectivity index (χ3v) is 4.38. The van der Waals surface area contributed by atoms with E-state index in [2.05, 4.69) is 20.8 Å². The Morgan fingerprint density at radius 3 is 2.94 bits per heavy atom. The lowest BCUT2D eigenvalue weighted by molar-refractivity contribution is -0.138. The van der Waals surface area contributed by atoms with Crippen LogP contribution in [0, 0.1) is 5.92 Å². The van der Waals surface area contributed by atoms with E-state index in [1.165, 1.54) is 6.42 Å². The highest BCUT2D eigenvalue weighted by Gasteiger charge is 2.34. The van der Waals surface area contributed by atoms with Crippen molar-refractivity contribution in [1.29, 1.82) is 0 Å². The fourth-order valence-corrected chi connectivity index (χ4v) is 3.35. The number of amides is 1. The van der Waals surface area contributed by atoms with Gasteiger partial charge in [-0.15, -0.1) is 0 Å². The lowest BCUT2D eigenvalue weighted by Crippen LogP contribution is -2.47. The van der Waals surface area contributed by atoms with Gasteiger partial charge in [-0.2, -0.15) is 0 Å². The van der Waals surface area contributed by atoms with E-state index in [9.17, 15) is 4.79 Å². The van der Waals surface area contributed by atoms with E-state index in [0.717, 1.165) is 31.1 Å². The summed E-state index contributed by atoms with van der Waals surface area (Å²) in [5.41, 5.74) is 0. The number of likely N-dealkylation sites (tertiary alicyclic amines) is 1. The molecule has 0 aromatic heterocycles. The van der Waals surface area contributed by atoms with E-state index >= 15 is 0 Å². The second-order valence-corrected chi connectivity index (χ2v) is 5.56. The molecule has 2 saturated heterocycles. The van der Waals surface area contributed by atoms with Crippen LogP contribution >= 0.6 is 15.9 Å². The molecular weight excluding hydrogens is 270 g/mol. The zero-order chi connectivity index (χ0) is 11.5. The van der Waals surface area contributed by atoms with Crippen LogP contribution in [0.2, 0.25) is 0 Å². The molecule has 0 bridgehead atoms. The second-order valence-electron chi connectivity index (χ2n) is 4.91. The van der Waals surface area contributed by atoms with Crippen LogP contribution in [-0.2, 0) is 9.53 Å². The molecule has 0 N–H and O–H groups in total. The molecule has 0 aromatic carbocycles. The normalized spacial score (nSPS) is 35.4. The Hall–Kier alpha value is -0.0900. The monoisotopic (exact) mass is 289 g/mol. The van der Waals surface area contributed by atoms with E-state index < -0.39 is 0 Å². The van der Waals surface area contributed by atoms with Crippen LogP contribution in [0.15, 0.2) is 0 Å². The lowest BCUT2D eigenvalue weighted by Gasteiger charge is -2.36. The third kappa shape index (κ3) is 2.59. The molecule has 16 heavy (non-hydrogen) atoms. The zero-order valence-electron chi connectivity index (χ0n) is 9.82. The van der Waals surface area contributed by atoms with Gasteiger partial charge in [0.1, 0.15) is 0 Å². The molecule has 1 amide bonds. The second kappa shape index (κ2) is 5.50. The van der Waals surface area contributed by atoms with Crippen LogP contribution in [-0.4, -0.2) is 41.4 Å². The summed E-state index contributed by atoms with van der Waals surface area (Å²) in [6, 6.07) is 0.400. The smallest absolute Gasteiger partial charge is 0.228 e. The first kappa shape index (κ1) is 12.4. The number of rotatable bonds is 2. The quantitative estimate of drug-likeness (QED) is 0.730. The van der Waals surface area contributed by atoms with E-state index in [1.807, 2.05) is 6.92 Å². The molecule has 2 fully saturated rings. The van der Waals surface area contributed by atoms with Crippen LogP contribution in [0.5, 0.6) is 0 Å². The average molecular weight is 290 g/mol. The van der Waals surface area contributed by atoms with Crippen molar-refractivity contribution < 1.29 is 9.53 Å².